The van der Waals surface area contributed by atoms with Crippen LogP contribution in [0, 0.1) is 10.1 Å². The van der Waals surface area contributed by atoms with Gasteiger partial charge in [-0.3, -0.25) is 0 Å². The number of nitrogens with zero attached hydrogens (tertiary/aromatic N) is 2. The Hall–Kier alpha value is -1.66. The highest BCUT2D eigenvalue weighted by Gasteiger charge is 2.06. The molecule has 0 aliphatic heterocycles. The maximum atomic E-state index is 10.1. The topological polar surface area (TPSA) is 105 Å². The minimum Gasteiger partial charge on any atom is -0.390 e. The number of hydrogen-bond acceptors (Lipinski definition) is 4. The van der Waals surface area contributed by atoms with E-state index >= 15 is 0 Å². The van der Waals surface area contributed by atoms with Crippen LogP contribution in [0.25, 0.3) is 0 Å². The molecular weight excluding hydrogens is 130 g/mol. The van der Waals surface area contributed by atoms with Crippen molar-refractivity contribution in [1.82, 2.24) is 15.2 Å². The van der Waals surface area contributed by atoms with Crippen molar-refractivity contribution in [3.05, 3.63) is 20.6 Å². The molecule has 1 aromatic heterocycles. The largest absolute Gasteiger partial charge is 0.457 e. The Labute approximate surface area is 47.9 Å². The van der Waals surface area contributed by atoms with Crippen LogP contribution in [0.2, 0.25) is 0 Å². The predicted octanol–water partition coefficient (Wildman–Crippen LogP) is -0.994. The maximum absolute atomic E-state index is 10.1. The van der Waals surface area contributed by atoms with Crippen LogP contribution >= 0.6 is 0 Å². The average Bonchev–Trinajstić information content (AvgIpc) is 2.14. The highest BCUT2D eigenvalue weighted by atomic mass is 16.6. The third-order valence-electron chi connectivity index (χ3n) is 0.662. The molecule has 1 heterocycles. The Bertz CT molecular complexity index is 271. The lowest BCUT2D eigenvalue weighted by Crippen LogP contribution is -2.01. The minimum absolute atomic E-state index is 0.569. The molecule has 9 heavy (non-hydrogen) atoms. The summed E-state index contributed by atoms with van der Waals surface area (Å²) in [6.07, 6.45) is 0. The smallest absolute Gasteiger partial charge is 0.390 e. The van der Waals surface area contributed by atoms with E-state index in [0.29, 0.717) is 0 Å². The number of aromatic nitrogens is 3. The normalized spacial score (nSPS) is 9.33. The number of hydrogen-bond donors (Lipinski definition) is 2. The molecule has 0 atom stereocenters. The van der Waals surface area contributed by atoms with E-state index in [1.165, 1.54) is 0 Å². The second kappa shape index (κ2) is 1.69. The zero-order valence-electron chi connectivity index (χ0n) is 4.12. The molecule has 0 unspecified atom stereocenters. The van der Waals surface area contributed by atoms with Gasteiger partial charge in [-0.05, 0) is 4.92 Å². The van der Waals surface area contributed by atoms with Crippen molar-refractivity contribution < 1.29 is 4.92 Å². The summed E-state index contributed by atoms with van der Waals surface area (Å²) >= 11 is 0. The summed E-state index contributed by atoms with van der Waals surface area (Å²) in [5.74, 6) is -0.569. The van der Waals surface area contributed by atoms with Crippen LogP contribution in [-0.4, -0.2) is 20.1 Å². The van der Waals surface area contributed by atoms with Crippen LogP contribution in [0.4, 0.5) is 5.95 Å². The molecule has 48 valence electrons. The van der Waals surface area contributed by atoms with Crippen LogP contribution in [0.1, 0.15) is 0 Å². The second-order valence-corrected chi connectivity index (χ2v) is 1.26. The maximum Gasteiger partial charge on any atom is 0.457 e. The fourth-order valence-electron chi connectivity index (χ4n) is 0.348. The molecule has 0 saturated heterocycles. The monoisotopic (exact) mass is 132 g/mol. The molecule has 0 aliphatic carbocycles. The molecule has 1 rings (SSSR count). The van der Waals surface area contributed by atoms with E-state index in [2.05, 4.69) is 5.10 Å². The van der Waals surface area contributed by atoms with Crippen molar-refractivity contribution in [2.45, 2.75) is 0 Å². The molecule has 0 spiro atoms. The van der Waals surface area contributed by atoms with Crippen LogP contribution in [-0.2, 0) is 0 Å². The summed E-state index contributed by atoms with van der Waals surface area (Å²) in [5.41, 5.74) is -0.679. The van der Waals surface area contributed by atoms with Crippen molar-refractivity contribution in [2.75, 3.05) is 0 Å². The standard InChI is InChI=1S/C2H2N4O3/c7-2-3-1(4-5-2)6(8)9/h(H2,3,4,5,7)/i4+1,5+1. The van der Waals surface area contributed by atoms with Gasteiger partial charge in [0.25, 0.3) is 0 Å². The Kier molecular flexibility index (Phi) is 1.03. The summed E-state index contributed by atoms with van der Waals surface area (Å²) in [5, 5.41) is 14.6. The number of nitrogens with one attached hydrogen (secondary N) is 2. The lowest BCUT2D eigenvalue weighted by atomic mass is 11.1. The van der Waals surface area contributed by atoms with E-state index in [4.69, 9.17) is 0 Å². The third-order valence-corrected chi connectivity index (χ3v) is 0.662. The SMILES string of the molecule is O=c1[nH]c([N+](=O)[O-])[15n][15nH]1. The van der Waals surface area contributed by atoms with E-state index in [-0.39, 0.29) is 0 Å². The average molecular weight is 132 g/mol. The Morgan fingerprint density at radius 2 is 2.33 bits per heavy atom. The fourth-order valence-corrected chi connectivity index (χ4v) is 0.348. The first-order valence-electron chi connectivity index (χ1n) is 1.99. The molecule has 0 fully saturated rings. The van der Waals surface area contributed by atoms with Crippen molar-refractivity contribution in [3.63, 3.8) is 0 Å². The Morgan fingerprint density at radius 3 is 2.56 bits per heavy atom. The summed E-state index contributed by atoms with van der Waals surface area (Å²) in [7, 11) is 0. The van der Waals surface area contributed by atoms with Crippen LogP contribution in [0.5, 0.6) is 0 Å². The lowest BCUT2D eigenvalue weighted by Gasteiger charge is -1.82. The van der Waals surface area contributed by atoms with Gasteiger partial charge in [0.2, 0.25) is 0 Å². The lowest BCUT2D eigenvalue weighted by molar-refractivity contribution is -0.394. The number of nitro groups is 1. The Morgan fingerprint density at radius 1 is 1.67 bits per heavy atom. The van der Waals surface area contributed by atoms with Crippen molar-refractivity contribution >= 4 is 5.95 Å². The highest BCUT2D eigenvalue weighted by Crippen LogP contribution is 1.91. The van der Waals surface area contributed by atoms with Gasteiger partial charge in [0, 0.05) is 5.10 Å². The van der Waals surface area contributed by atoms with Gasteiger partial charge >= 0.3 is 11.6 Å². The fraction of sp³-hybridized carbons (Fsp3) is 0. The summed E-state index contributed by atoms with van der Waals surface area (Å²) in [4.78, 5) is 20.9. The first kappa shape index (κ1) is 5.48. The van der Waals surface area contributed by atoms with E-state index in [0.717, 1.165) is 0 Å². The van der Waals surface area contributed by atoms with Crippen LogP contribution < -0.4 is 5.69 Å². The number of aromatic amines is 2. The van der Waals surface area contributed by atoms with E-state index in [1.54, 1.807) is 0 Å². The number of rotatable bonds is 1. The molecule has 0 amide bonds. The zero-order chi connectivity index (χ0) is 6.85. The highest BCUT2D eigenvalue weighted by molar-refractivity contribution is 4.95. The van der Waals surface area contributed by atoms with Crippen LogP contribution in [0.15, 0.2) is 4.79 Å². The molecule has 7 heteroatoms. The molecule has 0 radical (unpaired) electrons. The molecule has 0 aromatic carbocycles. The van der Waals surface area contributed by atoms with Gasteiger partial charge in [0.05, 0.1) is 0 Å². The summed E-state index contributed by atoms with van der Waals surface area (Å²) in [6, 6.07) is 0. The second-order valence-electron chi connectivity index (χ2n) is 1.26. The first-order valence-corrected chi connectivity index (χ1v) is 1.99. The molecule has 7 nitrogen and oxygen atoms in total. The molecule has 2 N–H and O–H groups in total. The van der Waals surface area contributed by atoms with Gasteiger partial charge < -0.3 is 10.1 Å². The van der Waals surface area contributed by atoms with Gasteiger partial charge in [-0.2, -0.15) is 4.98 Å². The quantitative estimate of drug-likeness (QED) is 0.377. The van der Waals surface area contributed by atoms with Crippen molar-refractivity contribution in [2.24, 2.45) is 0 Å². The van der Waals surface area contributed by atoms with E-state index in [9.17, 15) is 14.9 Å². The van der Waals surface area contributed by atoms with Gasteiger partial charge in [0.1, 0.15) is 0 Å². The van der Waals surface area contributed by atoms with Gasteiger partial charge in [-0.25, -0.2) is 4.79 Å². The van der Waals surface area contributed by atoms with Gasteiger partial charge in [-0.1, -0.05) is 0 Å². The molecule has 0 saturated carbocycles. The summed E-state index contributed by atoms with van der Waals surface area (Å²) < 4.78 is 0. The number of H-pyrrole nitrogens is 2. The Balaban J connectivity index is 3.12. The molecule has 0 aliphatic rings. The van der Waals surface area contributed by atoms with Crippen molar-refractivity contribution in [1.29, 1.82) is 0 Å². The van der Waals surface area contributed by atoms with Crippen molar-refractivity contribution in [3.8, 4) is 0 Å². The van der Waals surface area contributed by atoms with Gasteiger partial charge in [-0.15, -0.1) is 5.10 Å². The van der Waals surface area contributed by atoms with Gasteiger partial charge in [0.15, 0.2) is 0 Å². The predicted molar refractivity (Wildman–Crippen MR) is 25.9 cm³/mol. The first-order chi connectivity index (χ1) is 4.20. The molecular formula is C2H2N4O3. The minimum atomic E-state index is -0.794. The summed E-state index contributed by atoms with van der Waals surface area (Å²) in [6.45, 7) is 0. The molecule has 0 bridgehead atoms. The van der Waals surface area contributed by atoms with Crippen LogP contribution in [0.3, 0.4) is 0 Å². The van der Waals surface area contributed by atoms with E-state index in [1.807, 2.05) is 10.1 Å². The zero-order valence-corrected chi connectivity index (χ0v) is 4.12. The molecule has 1 aromatic rings. The third kappa shape index (κ3) is 0.929. The van der Waals surface area contributed by atoms with E-state index < -0.39 is 16.6 Å².